The van der Waals surface area contributed by atoms with Crippen molar-refractivity contribution in [2.75, 3.05) is 14.2 Å². The van der Waals surface area contributed by atoms with Crippen LogP contribution in [-0.2, 0) is 9.53 Å². The van der Waals surface area contributed by atoms with Crippen molar-refractivity contribution in [3.63, 3.8) is 0 Å². The van der Waals surface area contributed by atoms with Gasteiger partial charge in [-0.15, -0.1) is 0 Å². The van der Waals surface area contributed by atoms with Crippen molar-refractivity contribution in [2.45, 2.75) is 19.4 Å². The van der Waals surface area contributed by atoms with Gasteiger partial charge in [-0.05, 0) is 31.2 Å². The highest BCUT2D eigenvalue weighted by Gasteiger charge is 2.27. The van der Waals surface area contributed by atoms with Gasteiger partial charge in [0.05, 0.1) is 13.0 Å². The van der Waals surface area contributed by atoms with E-state index in [4.69, 9.17) is 4.74 Å². The van der Waals surface area contributed by atoms with Gasteiger partial charge in [0.2, 0.25) is 0 Å². The average Bonchev–Trinajstić information content (AvgIpc) is 2.36. The summed E-state index contributed by atoms with van der Waals surface area (Å²) in [5.74, 6) is -0.351. The molecule has 0 aliphatic carbocycles. The number of esters is 1. The number of aromatic nitrogens is 1. The van der Waals surface area contributed by atoms with Crippen LogP contribution in [-0.4, -0.2) is 25.1 Å². The smallest absolute Gasteiger partial charge is 0.310 e. The number of ether oxygens (including phenoxy) is 1. The van der Waals surface area contributed by atoms with Crippen LogP contribution in [0.3, 0.4) is 0 Å². The van der Waals surface area contributed by atoms with Crippen LogP contribution in [0.4, 0.5) is 0 Å². The van der Waals surface area contributed by atoms with Crippen molar-refractivity contribution in [1.82, 2.24) is 10.3 Å². The Bertz CT molecular complexity index is 327. The maximum atomic E-state index is 11.6. The molecule has 1 aromatic rings. The normalized spacial score (nSPS) is 14.2. The fraction of sp³-hybridized carbons (Fsp3) is 0.500. The van der Waals surface area contributed by atoms with Gasteiger partial charge in [0.1, 0.15) is 0 Å². The van der Waals surface area contributed by atoms with E-state index in [0.717, 1.165) is 12.0 Å². The minimum absolute atomic E-state index is 0.0274. The Labute approximate surface area is 96.0 Å². The van der Waals surface area contributed by atoms with Crippen molar-refractivity contribution in [2.24, 2.45) is 5.92 Å². The molecule has 0 aromatic carbocycles. The maximum Gasteiger partial charge on any atom is 0.310 e. The molecule has 1 heterocycles. The Hall–Kier alpha value is -1.42. The fourth-order valence-corrected chi connectivity index (χ4v) is 1.86. The largest absolute Gasteiger partial charge is 0.469 e. The minimum atomic E-state index is -0.182. The summed E-state index contributed by atoms with van der Waals surface area (Å²) in [5.41, 5.74) is 1.05. The zero-order valence-corrected chi connectivity index (χ0v) is 9.93. The summed E-state index contributed by atoms with van der Waals surface area (Å²) in [6, 6.07) is 3.79. The molecule has 0 fully saturated rings. The van der Waals surface area contributed by atoms with Crippen molar-refractivity contribution in [3.05, 3.63) is 30.1 Å². The van der Waals surface area contributed by atoms with Crippen LogP contribution >= 0.6 is 0 Å². The van der Waals surface area contributed by atoms with Crippen molar-refractivity contribution in [1.29, 1.82) is 0 Å². The van der Waals surface area contributed by atoms with Crippen LogP contribution in [0.25, 0.3) is 0 Å². The SMILES string of the molecule is CCC(C(=O)OC)C(NC)c1ccncc1. The molecule has 0 bridgehead atoms. The van der Waals surface area contributed by atoms with Gasteiger partial charge in [-0.25, -0.2) is 0 Å². The van der Waals surface area contributed by atoms with Gasteiger partial charge in [0.15, 0.2) is 0 Å². The number of methoxy groups -OCH3 is 1. The van der Waals surface area contributed by atoms with E-state index in [1.807, 2.05) is 26.1 Å². The third-order valence-electron chi connectivity index (χ3n) is 2.72. The Balaban J connectivity index is 2.92. The van der Waals surface area contributed by atoms with E-state index in [1.54, 1.807) is 12.4 Å². The van der Waals surface area contributed by atoms with Crippen LogP contribution < -0.4 is 5.32 Å². The van der Waals surface area contributed by atoms with Crippen LogP contribution in [0, 0.1) is 5.92 Å². The van der Waals surface area contributed by atoms with Crippen LogP contribution in [0.15, 0.2) is 24.5 Å². The van der Waals surface area contributed by atoms with E-state index < -0.39 is 0 Å². The number of rotatable bonds is 5. The molecule has 16 heavy (non-hydrogen) atoms. The van der Waals surface area contributed by atoms with Crippen molar-refractivity contribution in [3.8, 4) is 0 Å². The predicted octanol–water partition coefficient (Wildman–Crippen LogP) is 1.54. The molecule has 0 aliphatic heterocycles. The summed E-state index contributed by atoms with van der Waals surface area (Å²) in [6.45, 7) is 1.98. The number of nitrogens with one attached hydrogen (secondary N) is 1. The number of nitrogens with zero attached hydrogens (tertiary/aromatic N) is 1. The van der Waals surface area contributed by atoms with Gasteiger partial charge in [0, 0.05) is 18.4 Å². The Morgan fingerprint density at radius 1 is 1.50 bits per heavy atom. The molecule has 0 spiro atoms. The van der Waals surface area contributed by atoms with Crippen molar-refractivity contribution < 1.29 is 9.53 Å². The zero-order valence-electron chi connectivity index (χ0n) is 9.93. The van der Waals surface area contributed by atoms with E-state index in [0.29, 0.717) is 0 Å². The number of hydrogen-bond donors (Lipinski definition) is 1. The lowest BCUT2D eigenvalue weighted by Gasteiger charge is -2.24. The van der Waals surface area contributed by atoms with E-state index in [1.165, 1.54) is 7.11 Å². The molecular weight excluding hydrogens is 204 g/mol. The molecule has 0 saturated heterocycles. The summed E-state index contributed by atoms with van der Waals surface area (Å²) in [5, 5.41) is 3.16. The van der Waals surface area contributed by atoms with Gasteiger partial charge < -0.3 is 10.1 Å². The standard InChI is InChI=1S/C12H18N2O2/c1-4-10(12(15)16-3)11(13-2)9-5-7-14-8-6-9/h5-8,10-11,13H,4H2,1-3H3. The van der Waals surface area contributed by atoms with Gasteiger partial charge in [-0.1, -0.05) is 6.92 Å². The van der Waals surface area contributed by atoms with Gasteiger partial charge >= 0.3 is 5.97 Å². The lowest BCUT2D eigenvalue weighted by molar-refractivity contribution is -0.146. The molecule has 0 aliphatic rings. The zero-order chi connectivity index (χ0) is 12.0. The van der Waals surface area contributed by atoms with Crippen LogP contribution in [0.1, 0.15) is 24.9 Å². The molecule has 2 unspecified atom stereocenters. The molecule has 2 atom stereocenters. The first-order chi connectivity index (χ1) is 7.74. The van der Waals surface area contributed by atoms with Gasteiger partial charge in [0.25, 0.3) is 0 Å². The summed E-state index contributed by atoms with van der Waals surface area (Å²) in [7, 11) is 3.26. The second-order valence-corrected chi connectivity index (χ2v) is 3.58. The van der Waals surface area contributed by atoms with E-state index >= 15 is 0 Å². The van der Waals surface area contributed by atoms with Gasteiger partial charge in [-0.3, -0.25) is 9.78 Å². The molecular formula is C12H18N2O2. The highest BCUT2D eigenvalue weighted by atomic mass is 16.5. The quantitative estimate of drug-likeness (QED) is 0.768. The number of carbonyl (C=O) groups is 1. The first kappa shape index (κ1) is 12.6. The van der Waals surface area contributed by atoms with E-state index in [-0.39, 0.29) is 17.9 Å². The second-order valence-electron chi connectivity index (χ2n) is 3.58. The highest BCUT2D eigenvalue weighted by Crippen LogP contribution is 2.24. The van der Waals surface area contributed by atoms with E-state index in [2.05, 4.69) is 10.3 Å². The molecule has 1 aromatic heterocycles. The molecule has 4 heteroatoms. The third-order valence-corrected chi connectivity index (χ3v) is 2.72. The molecule has 88 valence electrons. The number of pyridine rings is 1. The summed E-state index contributed by atoms with van der Waals surface area (Å²) < 4.78 is 4.81. The van der Waals surface area contributed by atoms with Crippen molar-refractivity contribution >= 4 is 5.97 Å². The second kappa shape index (κ2) is 6.23. The summed E-state index contributed by atoms with van der Waals surface area (Å²) in [4.78, 5) is 15.6. The molecule has 4 nitrogen and oxygen atoms in total. The molecule has 0 radical (unpaired) electrons. The minimum Gasteiger partial charge on any atom is -0.469 e. The van der Waals surface area contributed by atoms with Crippen LogP contribution in [0.2, 0.25) is 0 Å². The Morgan fingerprint density at radius 3 is 2.56 bits per heavy atom. The average molecular weight is 222 g/mol. The van der Waals surface area contributed by atoms with E-state index in [9.17, 15) is 4.79 Å². The molecule has 1 rings (SSSR count). The Kier molecular flexibility index (Phi) is 4.92. The molecule has 0 saturated carbocycles. The summed E-state index contributed by atoms with van der Waals surface area (Å²) >= 11 is 0. The molecule has 1 N–H and O–H groups in total. The first-order valence-electron chi connectivity index (χ1n) is 5.39. The highest BCUT2D eigenvalue weighted by molar-refractivity contribution is 5.73. The number of hydrogen-bond acceptors (Lipinski definition) is 4. The number of carbonyl (C=O) groups excluding carboxylic acids is 1. The topological polar surface area (TPSA) is 51.2 Å². The third kappa shape index (κ3) is 2.79. The predicted molar refractivity (Wildman–Crippen MR) is 61.8 cm³/mol. The lowest BCUT2D eigenvalue weighted by Crippen LogP contribution is -2.31. The lowest BCUT2D eigenvalue weighted by atomic mass is 9.91. The summed E-state index contributed by atoms with van der Waals surface area (Å²) in [6.07, 6.45) is 4.19. The maximum absolute atomic E-state index is 11.6. The molecule has 0 amide bonds. The van der Waals surface area contributed by atoms with Crippen LogP contribution in [0.5, 0.6) is 0 Å². The Morgan fingerprint density at radius 2 is 2.12 bits per heavy atom. The monoisotopic (exact) mass is 222 g/mol. The first-order valence-corrected chi connectivity index (χ1v) is 5.39. The fourth-order valence-electron chi connectivity index (χ4n) is 1.86. The van der Waals surface area contributed by atoms with Gasteiger partial charge in [-0.2, -0.15) is 0 Å².